The first kappa shape index (κ1) is 21.7. The molecule has 0 radical (unpaired) electrons. The maximum atomic E-state index is 12.9. The highest BCUT2D eigenvalue weighted by atomic mass is 16.5. The Morgan fingerprint density at radius 2 is 1.69 bits per heavy atom. The summed E-state index contributed by atoms with van der Waals surface area (Å²) in [5.74, 6) is 2.10. The molecule has 1 aromatic carbocycles. The lowest BCUT2D eigenvalue weighted by Crippen LogP contribution is -2.43. The zero-order valence-corrected chi connectivity index (χ0v) is 18.0. The van der Waals surface area contributed by atoms with Gasteiger partial charge in [0.2, 0.25) is 5.91 Å². The molecule has 2 aliphatic rings. The number of nitrogens with one attached hydrogen (secondary N) is 1. The Bertz CT molecular complexity index is 701. The van der Waals surface area contributed by atoms with E-state index in [0.717, 1.165) is 49.2 Å². The molecule has 0 aromatic heterocycles. The fourth-order valence-corrected chi connectivity index (χ4v) is 4.56. The van der Waals surface area contributed by atoms with Crippen molar-refractivity contribution in [2.75, 3.05) is 13.2 Å². The van der Waals surface area contributed by atoms with Crippen LogP contribution in [-0.4, -0.2) is 24.9 Å². The van der Waals surface area contributed by atoms with Crippen LogP contribution in [0, 0.1) is 17.8 Å². The molecule has 0 saturated heterocycles. The van der Waals surface area contributed by atoms with E-state index < -0.39 is 0 Å². The molecule has 160 valence electrons. The van der Waals surface area contributed by atoms with Crippen LogP contribution in [0.15, 0.2) is 18.2 Å². The molecule has 1 amide bonds. The van der Waals surface area contributed by atoms with Crippen LogP contribution in [0.2, 0.25) is 0 Å². The summed E-state index contributed by atoms with van der Waals surface area (Å²) in [6.07, 6.45) is 6.31. The Morgan fingerprint density at radius 3 is 2.31 bits per heavy atom. The van der Waals surface area contributed by atoms with Gasteiger partial charge in [-0.15, -0.1) is 0 Å². The number of ether oxygens (including phenoxy) is 2. The Labute approximate surface area is 174 Å². The third-order valence-corrected chi connectivity index (χ3v) is 6.17. The molecule has 5 nitrogen and oxygen atoms in total. The minimum absolute atomic E-state index is 0.0478. The molecular weight excluding hydrogens is 366 g/mol. The topological polar surface area (TPSA) is 64.6 Å². The number of hydrogen-bond donors (Lipinski definition) is 1. The number of amides is 1. The van der Waals surface area contributed by atoms with Crippen molar-refractivity contribution in [3.63, 3.8) is 0 Å². The molecule has 2 bridgehead atoms. The second-order valence-electron chi connectivity index (χ2n) is 8.53. The average Bonchev–Trinajstić information content (AvgIpc) is 2.70. The molecule has 0 aliphatic heterocycles. The molecule has 0 heterocycles. The minimum Gasteiger partial charge on any atom is -0.490 e. The summed E-state index contributed by atoms with van der Waals surface area (Å²) in [5, 5.41) is 3.17. The van der Waals surface area contributed by atoms with E-state index in [2.05, 4.69) is 19.2 Å². The van der Waals surface area contributed by atoms with E-state index in [0.29, 0.717) is 31.8 Å². The highest BCUT2D eigenvalue weighted by Crippen LogP contribution is 2.40. The number of Topliss-reactive ketones (excluding diaryl/α,β-unsaturated/α-hetero) is 1. The van der Waals surface area contributed by atoms with Gasteiger partial charge in [-0.25, -0.2) is 0 Å². The molecule has 2 saturated carbocycles. The fraction of sp³-hybridized carbons (Fsp3) is 0.667. The smallest absolute Gasteiger partial charge is 0.223 e. The van der Waals surface area contributed by atoms with Crippen molar-refractivity contribution in [3.8, 4) is 11.5 Å². The molecule has 1 aromatic rings. The number of benzene rings is 1. The highest BCUT2D eigenvalue weighted by molar-refractivity contribution is 5.88. The van der Waals surface area contributed by atoms with Gasteiger partial charge in [-0.2, -0.15) is 0 Å². The second-order valence-corrected chi connectivity index (χ2v) is 8.53. The first-order valence-electron chi connectivity index (χ1n) is 11.3. The van der Waals surface area contributed by atoms with E-state index in [9.17, 15) is 9.59 Å². The molecule has 5 heteroatoms. The van der Waals surface area contributed by atoms with Gasteiger partial charge in [0, 0.05) is 17.8 Å². The van der Waals surface area contributed by atoms with E-state index in [-0.39, 0.29) is 29.7 Å². The van der Waals surface area contributed by atoms with Gasteiger partial charge in [0.1, 0.15) is 5.78 Å². The van der Waals surface area contributed by atoms with Gasteiger partial charge in [-0.1, -0.05) is 26.3 Å². The van der Waals surface area contributed by atoms with Gasteiger partial charge in [-0.3, -0.25) is 9.59 Å². The quantitative estimate of drug-likeness (QED) is 0.643. The molecule has 29 heavy (non-hydrogen) atoms. The van der Waals surface area contributed by atoms with Crippen LogP contribution >= 0.6 is 0 Å². The summed E-state index contributed by atoms with van der Waals surface area (Å²) in [5.41, 5.74) is 1.00. The van der Waals surface area contributed by atoms with E-state index >= 15 is 0 Å². The largest absolute Gasteiger partial charge is 0.490 e. The van der Waals surface area contributed by atoms with E-state index in [4.69, 9.17) is 9.47 Å². The van der Waals surface area contributed by atoms with Crippen LogP contribution in [0.4, 0.5) is 0 Å². The van der Waals surface area contributed by atoms with E-state index in [1.54, 1.807) is 0 Å². The second kappa shape index (κ2) is 10.1. The van der Waals surface area contributed by atoms with Crippen molar-refractivity contribution in [2.45, 2.75) is 71.8 Å². The van der Waals surface area contributed by atoms with Crippen LogP contribution in [0.1, 0.15) is 77.3 Å². The summed E-state index contributed by atoms with van der Waals surface area (Å²) in [4.78, 5) is 25.2. The molecule has 2 fully saturated rings. The molecule has 0 spiro atoms. The Hall–Kier alpha value is -2.04. The number of carbonyl (C=O) groups excluding carboxylic acids is 2. The van der Waals surface area contributed by atoms with Gasteiger partial charge in [0.15, 0.2) is 11.5 Å². The van der Waals surface area contributed by atoms with Crippen LogP contribution in [0.5, 0.6) is 11.5 Å². The summed E-state index contributed by atoms with van der Waals surface area (Å²) < 4.78 is 11.7. The van der Waals surface area contributed by atoms with Crippen LogP contribution < -0.4 is 14.8 Å². The van der Waals surface area contributed by atoms with Crippen LogP contribution in [0.3, 0.4) is 0 Å². The third-order valence-electron chi connectivity index (χ3n) is 6.17. The summed E-state index contributed by atoms with van der Waals surface area (Å²) in [6, 6.07) is 5.78. The number of ketones is 1. The van der Waals surface area contributed by atoms with Gasteiger partial charge >= 0.3 is 0 Å². The Morgan fingerprint density at radius 1 is 1.07 bits per heavy atom. The predicted molar refractivity (Wildman–Crippen MR) is 113 cm³/mol. The van der Waals surface area contributed by atoms with E-state index in [1.807, 2.05) is 25.1 Å². The molecule has 1 N–H and O–H groups in total. The molecule has 3 atom stereocenters. The van der Waals surface area contributed by atoms with Crippen molar-refractivity contribution < 1.29 is 19.1 Å². The minimum atomic E-state index is -0.121. The summed E-state index contributed by atoms with van der Waals surface area (Å²) in [6.45, 7) is 7.43. The first-order chi connectivity index (χ1) is 14.0. The molecule has 2 aliphatic carbocycles. The van der Waals surface area contributed by atoms with Crippen molar-refractivity contribution in [2.24, 2.45) is 17.8 Å². The highest BCUT2D eigenvalue weighted by Gasteiger charge is 2.41. The zero-order chi connectivity index (χ0) is 20.8. The average molecular weight is 402 g/mol. The standard InChI is InChI=1S/C24H35NO4/c1-4-11-28-21-10-9-17(15-22(21)29-12-5-2)16(3)25-24(27)20-13-18-7-6-8-19(14-20)23(18)26/h9-10,15-16,18-20H,4-8,11-14H2,1-3H3,(H,25,27). The maximum Gasteiger partial charge on any atom is 0.223 e. The lowest BCUT2D eigenvalue weighted by atomic mass is 9.67. The number of hydrogen-bond acceptors (Lipinski definition) is 4. The number of fused-ring (bicyclic) bond motifs is 2. The zero-order valence-electron chi connectivity index (χ0n) is 18.0. The Balaban J connectivity index is 1.65. The third kappa shape index (κ3) is 5.31. The fourth-order valence-electron chi connectivity index (χ4n) is 4.56. The molecular formula is C24H35NO4. The lowest BCUT2D eigenvalue weighted by molar-refractivity contribution is -0.137. The normalized spacial score (nSPS) is 24.7. The lowest BCUT2D eigenvalue weighted by Gasteiger charge is -2.37. The van der Waals surface area contributed by atoms with Gasteiger partial charge in [-0.05, 0) is 63.1 Å². The predicted octanol–water partition coefficient (Wildman–Crippen LogP) is 4.84. The number of carbonyl (C=O) groups is 2. The maximum absolute atomic E-state index is 12.9. The summed E-state index contributed by atoms with van der Waals surface area (Å²) in [7, 11) is 0. The van der Waals surface area contributed by atoms with Crippen LogP contribution in [0.25, 0.3) is 0 Å². The van der Waals surface area contributed by atoms with Crippen LogP contribution in [-0.2, 0) is 9.59 Å². The Kier molecular flexibility index (Phi) is 7.57. The van der Waals surface area contributed by atoms with Crippen molar-refractivity contribution >= 4 is 11.7 Å². The molecule has 3 rings (SSSR count). The van der Waals surface area contributed by atoms with Crippen molar-refractivity contribution in [1.29, 1.82) is 0 Å². The van der Waals surface area contributed by atoms with Crippen molar-refractivity contribution in [3.05, 3.63) is 23.8 Å². The number of rotatable bonds is 9. The monoisotopic (exact) mass is 401 g/mol. The van der Waals surface area contributed by atoms with Gasteiger partial charge in [0.25, 0.3) is 0 Å². The molecule has 3 unspecified atom stereocenters. The summed E-state index contributed by atoms with van der Waals surface area (Å²) >= 11 is 0. The van der Waals surface area contributed by atoms with Crippen molar-refractivity contribution in [1.82, 2.24) is 5.32 Å². The van der Waals surface area contributed by atoms with Gasteiger partial charge < -0.3 is 14.8 Å². The van der Waals surface area contributed by atoms with Gasteiger partial charge in [0.05, 0.1) is 19.3 Å². The van der Waals surface area contributed by atoms with E-state index in [1.165, 1.54) is 0 Å². The first-order valence-corrected chi connectivity index (χ1v) is 11.3. The SMILES string of the molecule is CCCOc1ccc(C(C)NC(=O)C2CC3CCCC(C2)C3=O)cc1OCCC.